The highest BCUT2D eigenvalue weighted by atomic mass is 16.2. The van der Waals surface area contributed by atoms with Crippen LogP contribution < -0.4 is 11.1 Å². The van der Waals surface area contributed by atoms with E-state index in [-0.39, 0.29) is 17.9 Å². The molecule has 6 heteroatoms. The number of amidine groups is 1. The first kappa shape index (κ1) is 15.8. The van der Waals surface area contributed by atoms with E-state index in [1.54, 1.807) is 4.90 Å². The molecule has 2 rings (SSSR count). The lowest BCUT2D eigenvalue weighted by Gasteiger charge is -2.27. The standard InChI is InChI=1S/C15H26N4O2/c1-11(16)17-8-12-2-4-13(5-3-12)15(21)18-14-6-7-19(9-14)10-20/h10,12-14H,2-9H2,1H3,(H2,16,17)(H,18,21). The topological polar surface area (TPSA) is 87.8 Å². The summed E-state index contributed by atoms with van der Waals surface area (Å²) in [4.78, 5) is 28.9. The van der Waals surface area contributed by atoms with Crippen LogP contribution in [0.4, 0.5) is 0 Å². The van der Waals surface area contributed by atoms with Crippen molar-refractivity contribution in [2.75, 3.05) is 19.6 Å². The van der Waals surface area contributed by atoms with Crippen molar-refractivity contribution in [2.24, 2.45) is 22.6 Å². The third-order valence-corrected chi connectivity index (χ3v) is 4.53. The zero-order chi connectivity index (χ0) is 15.2. The molecule has 1 aliphatic heterocycles. The third-order valence-electron chi connectivity index (χ3n) is 4.53. The van der Waals surface area contributed by atoms with Gasteiger partial charge in [-0.1, -0.05) is 0 Å². The van der Waals surface area contributed by atoms with Crippen LogP contribution in [0, 0.1) is 11.8 Å². The third kappa shape index (κ3) is 4.72. The van der Waals surface area contributed by atoms with Gasteiger partial charge in [-0.25, -0.2) is 0 Å². The number of hydrogen-bond acceptors (Lipinski definition) is 3. The van der Waals surface area contributed by atoms with Crippen LogP contribution in [0.3, 0.4) is 0 Å². The molecule has 0 spiro atoms. The Morgan fingerprint density at radius 1 is 1.33 bits per heavy atom. The monoisotopic (exact) mass is 294 g/mol. The van der Waals surface area contributed by atoms with Crippen molar-refractivity contribution < 1.29 is 9.59 Å². The predicted molar refractivity (Wildman–Crippen MR) is 81.8 cm³/mol. The number of carbonyl (C=O) groups is 2. The maximum absolute atomic E-state index is 12.3. The van der Waals surface area contributed by atoms with Gasteiger partial charge < -0.3 is 16.0 Å². The van der Waals surface area contributed by atoms with Crippen LogP contribution in [0.5, 0.6) is 0 Å². The van der Waals surface area contributed by atoms with E-state index in [1.165, 1.54) is 0 Å². The number of nitrogens with two attached hydrogens (primary N) is 1. The SMILES string of the molecule is CC(N)=NCC1CCC(C(=O)NC2CCN(C=O)C2)CC1. The molecule has 0 radical (unpaired) electrons. The first-order chi connectivity index (χ1) is 10.1. The highest BCUT2D eigenvalue weighted by Crippen LogP contribution is 2.29. The molecule has 2 fully saturated rings. The van der Waals surface area contributed by atoms with Gasteiger partial charge in [-0.15, -0.1) is 0 Å². The second-order valence-corrected chi connectivity index (χ2v) is 6.29. The number of aliphatic imine (C=N–C) groups is 1. The molecule has 1 saturated carbocycles. The van der Waals surface area contributed by atoms with Crippen LogP contribution in [0.25, 0.3) is 0 Å². The fraction of sp³-hybridized carbons (Fsp3) is 0.800. The highest BCUT2D eigenvalue weighted by Gasteiger charge is 2.29. The largest absolute Gasteiger partial charge is 0.388 e. The number of amides is 2. The first-order valence-electron chi connectivity index (χ1n) is 7.84. The molecule has 1 unspecified atom stereocenters. The Hall–Kier alpha value is -1.59. The van der Waals surface area contributed by atoms with Gasteiger partial charge in [0.15, 0.2) is 0 Å². The Morgan fingerprint density at radius 2 is 2.05 bits per heavy atom. The number of rotatable bonds is 5. The number of nitrogens with zero attached hydrogens (tertiary/aromatic N) is 2. The normalized spacial score (nSPS) is 30.2. The molecule has 21 heavy (non-hydrogen) atoms. The first-order valence-corrected chi connectivity index (χ1v) is 7.84. The average Bonchev–Trinajstić information content (AvgIpc) is 2.93. The number of likely N-dealkylation sites (tertiary alicyclic amines) is 1. The molecule has 1 heterocycles. The lowest BCUT2D eigenvalue weighted by atomic mass is 9.81. The van der Waals surface area contributed by atoms with Gasteiger partial charge in [-0.05, 0) is 44.9 Å². The van der Waals surface area contributed by atoms with Crippen molar-refractivity contribution in [3.05, 3.63) is 0 Å². The summed E-state index contributed by atoms with van der Waals surface area (Å²) >= 11 is 0. The van der Waals surface area contributed by atoms with E-state index in [9.17, 15) is 9.59 Å². The second kappa shape index (κ2) is 7.43. The fourth-order valence-electron chi connectivity index (χ4n) is 3.20. The number of hydrogen-bond donors (Lipinski definition) is 2. The van der Waals surface area contributed by atoms with E-state index in [0.29, 0.717) is 18.3 Å². The lowest BCUT2D eigenvalue weighted by molar-refractivity contribution is -0.127. The molecule has 0 bridgehead atoms. The van der Waals surface area contributed by atoms with Gasteiger partial charge >= 0.3 is 0 Å². The minimum absolute atomic E-state index is 0.120. The van der Waals surface area contributed by atoms with E-state index >= 15 is 0 Å². The van der Waals surface area contributed by atoms with Crippen molar-refractivity contribution in [3.63, 3.8) is 0 Å². The molecule has 0 aromatic carbocycles. The summed E-state index contributed by atoms with van der Waals surface area (Å²) in [5, 5.41) is 3.09. The molecule has 1 atom stereocenters. The zero-order valence-corrected chi connectivity index (χ0v) is 12.8. The van der Waals surface area contributed by atoms with Gasteiger partial charge in [-0.3, -0.25) is 14.6 Å². The van der Waals surface area contributed by atoms with Crippen LogP contribution in [0.15, 0.2) is 4.99 Å². The van der Waals surface area contributed by atoms with E-state index in [2.05, 4.69) is 10.3 Å². The summed E-state index contributed by atoms with van der Waals surface area (Å²) < 4.78 is 0. The van der Waals surface area contributed by atoms with Crippen molar-refractivity contribution in [1.29, 1.82) is 0 Å². The van der Waals surface area contributed by atoms with Gasteiger partial charge in [0.05, 0.1) is 5.84 Å². The van der Waals surface area contributed by atoms with E-state index in [0.717, 1.165) is 51.6 Å². The van der Waals surface area contributed by atoms with Crippen LogP contribution in [0.2, 0.25) is 0 Å². The molecule has 0 aromatic rings. The van der Waals surface area contributed by atoms with Gasteiger partial charge in [0.1, 0.15) is 0 Å². The van der Waals surface area contributed by atoms with E-state index in [4.69, 9.17) is 5.73 Å². The summed E-state index contributed by atoms with van der Waals surface area (Å²) in [6.45, 7) is 3.99. The Labute approximate surface area is 126 Å². The van der Waals surface area contributed by atoms with Crippen LogP contribution >= 0.6 is 0 Å². The Balaban J connectivity index is 1.71. The van der Waals surface area contributed by atoms with Crippen LogP contribution in [-0.2, 0) is 9.59 Å². The molecule has 1 aliphatic carbocycles. The second-order valence-electron chi connectivity index (χ2n) is 6.29. The molecule has 118 valence electrons. The molecule has 1 saturated heterocycles. The summed E-state index contributed by atoms with van der Waals surface area (Å²) in [6, 6.07) is 0.130. The number of nitrogens with one attached hydrogen (secondary N) is 1. The minimum Gasteiger partial charge on any atom is -0.388 e. The van der Waals surface area contributed by atoms with E-state index < -0.39 is 0 Å². The molecule has 2 amide bonds. The van der Waals surface area contributed by atoms with Crippen molar-refractivity contribution in [1.82, 2.24) is 10.2 Å². The molecule has 2 aliphatic rings. The van der Waals surface area contributed by atoms with Gasteiger partial charge in [0, 0.05) is 31.6 Å². The molecular formula is C15H26N4O2. The molecule has 3 N–H and O–H groups in total. The maximum Gasteiger partial charge on any atom is 0.223 e. The van der Waals surface area contributed by atoms with Gasteiger partial charge in [0.2, 0.25) is 12.3 Å². The molecule has 6 nitrogen and oxygen atoms in total. The zero-order valence-electron chi connectivity index (χ0n) is 12.8. The lowest BCUT2D eigenvalue weighted by Crippen LogP contribution is -2.41. The van der Waals surface area contributed by atoms with Crippen LogP contribution in [0.1, 0.15) is 39.0 Å². The Kier molecular flexibility index (Phi) is 5.59. The smallest absolute Gasteiger partial charge is 0.223 e. The highest BCUT2D eigenvalue weighted by molar-refractivity contribution is 5.79. The fourth-order valence-corrected chi connectivity index (χ4v) is 3.20. The average molecular weight is 294 g/mol. The van der Waals surface area contributed by atoms with Crippen molar-refractivity contribution >= 4 is 18.2 Å². The molecule has 0 aromatic heterocycles. The summed E-state index contributed by atoms with van der Waals surface area (Å²) in [5.41, 5.74) is 5.56. The quantitative estimate of drug-likeness (QED) is 0.440. The number of carbonyl (C=O) groups excluding carboxylic acids is 2. The predicted octanol–water partition coefficient (Wildman–Crippen LogP) is 0.517. The van der Waals surface area contributed by atoms with Crippen LogP contribution in [-0.4, -0.2) is 48.7 Å². The molecular weight excluding hydrogens is 268 g/mol. The summed E-state index contributed by atoms with van der Waals surface area (Å²) in [6.07, 6.45) is 5.67. The van der Waals surface area contributed by atoms with Crippen molar-refractivity contribution in [2.45, 2.75) is 45.1 Å². The Bertz CT molecular complexity index is 398. The van der Waals surface area contributed by atoms with Gasteiger partial charge in [-0.2, -0.15) is 0 Å². The van der Waals surface area contributed by atoms with Gasteiger partial charge in [0.25, 0.3) is 0 Å². The minimum atomic E-state index is 0.120. The van der Waals surface area contributed by atoms with E-state index in [1.807, 2.05) is 6.92 Å². The summed E-state index contributed by atoms with van der Waals surface area (Å²) in [7, 11) is 0. The Morgan fingerprint density at radius 3 is 2.62 bits per heavy atom. The summed E-state index contributed by atoms with van der Waals surface area (Å²) in [5.74, 6) is 1.47. The van der Waals surface area contributed by atoms with Crippen molar-refractivity contribution in [3.8, 4) is 0 Å². The maximum atomic E-state index is 12.3.